The third-order valence-corrected chi connectivity index (χ3v) is 4.19. The largest absolute Gasteiger partial charge is 0.327 e. The Kier molecular flexibility index (Phi) is 5.74. The highest BCUT2D eigenvalue weighted by Gasteiger charge is 2.25. The van der Waals surface area contributed by atoms with Gasteiger partial charge in [0.25, 0.3) is 0 Å². The van der Waals surface area contributed by atoms with E-state index in [2.05, 4.69) is 20.5 Å². The summed E-state index contributed by atoms with van der Waals surface area (Å²) < 4.78 is 0. The fourth-order valence-electron chi connectivity index (χ4n) is 2.94. The lowest BCUT2D eigenvalue weighted by Crippen LogP contribution is -2.28. The molecule has 1 heterocycles. The van der Waals surface area contributed by atoms with Crippen LogP contribution in [0.2, 0.25) is 0 Å². The molecule has 1 amide bonds. The van der Waals surface area contributed by atoms with Gasteiger partial charge >= 0.3 is 0 Å². The summed E-state index contributed by atoms with van der Waals surface area (Å²) in [5.74, 6) is 1.78. The van der Waals surface area contributed by atoms with Crippen LogP contribution in [-0.2, 0) is 4.79 Å². The Morgan fingerprint density at radius 2 is 2.09 bits per heavy atom. The zero-order chi connectivity index (χ0) is 15.5. The number of rotatable bonds is 4. The maximum absolute atomic E-state index is 12.1. The summed E-state index contributed by atoms with van der Waals surface area (Å²) in [7, 11) is 0. The number of carbonyl (C=O) groups excluding carboxylic acids is 1. The molecule has 2 atom stereocenters. The van der Waals surface area contributed by atoms with E-state index < -0.39 is 0 Å². The molecule has 0 saturated heterocycles. The molecule has 0 aliphatic heterocycles. The second kappa shape index (κ2) is 7.57. The molecule has 0 bridgehead atoms. The molecule has 0 spiro atoms. The SMILES string of the molecule is Cc1nc(-c2ccc(NC(=O)C[C@@H]3CCC[C@H]3N)cc2)n[nH]1.Cl. The Morgan fingerprint density at radius 3 is 2.65 bits per heavy atom. The highest BCUT2D eigenvalue weighted by molar-refractivity contribution is 5.91. The molecule has 6 nitrogen and oxygen atoms in total. The Bertz CT molecular complexity index is 655. The molecule has 1 aliphatic rings. The van der Waals surface area contributed by atoms with Gasteiger partial charge in [0.1, 0.15) is 5.82 Å². The van der Waals surface area contributed by atoms with Crippen LogP contribution in [0.3, 0.4) is 0 Å². The van der Waals surface area contributed by atoms with Crippen molar-refractivity contribution in [3.8, 4) is 11.4 Å². The summed E-state index contributed by atoms with van der Waals surface area (Å²) in [6, 6.07) is 7.71. The van der Waals surface area contributed by atoms with E-state index >= 15 is 0 Å². The van der Waals surface area contributed by atoms with Gasteiger partial charge in [-0.2, -0.15) is 5.10 Å². The van der Waals surface area contributed by atoms with E-state index in [9.17, 15) is 4.79 Å². The summed E-state index contributed by atoms with van der Waals surface area (Å²) in [6.45, 7) is 1.86. The number of halogens is 1. The Hall–Kier alpha value is -1.92. The summed E-state index contributed by atoms with van der Waals surface area (Å²) >= 11 is 0. The normalized spacial score (nSPS) is 20.1. The van der Waals surface area contributed by atoms with Crippen molar-refractivity contribution in [3.05, 3.63) is 30.1 Å². The fraction of sp³-hybridized carbons (Fsp3) is 0.438. The molecule has 1 aliphatic carbocycles. The molecular weight excluding hydrogens is 314 g/mol. The number of aromatic nitrogens is 3. The number of hydrogen-bond acceptors (Lipinski definition) is 4. The van der Waals surface area contributed by atoms with Crippen LogP contribution in [0.15, 0.2) is 24.3 Å². The van der Waals surface area contributed by atoms with Gasteiger partial charge in [0, 0.05) is 23.7 Å². The van der Waals surface area contributed by atoms with Crippen molar-refractivity contribution in [1.29, 1.82) is 0 Å². The van der Waals surface area contributed by atoms with Crippen LogP contribution < -0.4 is 11.1 Å². The summed E-state index contributed by atoms with van der Waals surface area (Å²) in [5.41, 5.74) is 7.71. The maximum atomic E-state index is 12.1. The van der Waals surface area contributed by atoms with E-state index in [1.54, 1.807) is 0 Å². The quantitative estimate of drug-likeness (QED) is 0.800. The highest BCUT2D eigenvalue weighted by atomic mass is 35.5. The Labute approximate surface area is 141 Å². The number of nitrogens with two attached hydrogens (primary N) is 1. The van der Waals surface area contributed by atoms with Crippen LogP contribution >= 0.6 is 12.4 Å². The smallest absolute Gasteiger partial charge is 0.224 e. The van der Waals surface area contributed by atoms with E-state index in [1.165, 1.54) is 0 Å². The summed E-state index contributed by atoms with van der Waals surface area (Å²) in [5, 5.41) is 9.86. The van der Waals surface area contributed by atoms with E-state index in [1.807, 2.05) is 31.2 Å². The summed E-state index contributed by atoms with van der Waals surface area (Å²) in [4.78, 5) is 16.4. The summed E-state index contributed by atoms with van der Waals surface area (Å²) in [6.07, 6.45) is 3.72. The van der Waals surface area contributed by atoms with Gasteiger partial charge in [-0.05, 0) is 49.9 Å². The van der Waals surface area contributed by atoms with Crippen molar-refractivity contribution in [2.75, 3.05) is 5.32 Å². The zero-order valence-electron chi connectivity index (χ0n) is 13.1. The second-order valence-electron chi connectivity index (χ2n) is 5.93. The first-order valence-electron chi connectivity index (χ1n) is 7.66. The first-order valence-corrected chi connectivity index (χ1v) is 7.66. The second-order valence-corrected chi connectivity index (χ2v) is 5.93. The fourth-order valence-corrected chi connectivity index (χ4v) is 2.94. The Morgan fingerprint density at radius 1 is 1.35 bits per heavy atom. The molecular formula is C16H22ClN5O. The van der Waals surface area contributed by atoms with Gasteiger partial charge in [0.05, 0.1) is 0 Å². The predicted octanol–water partition coefficient (Wildman–Crippen LogP) is 2.66. The van der Waals surface area contributed by atoms with Crippen LogP contribution in [0, 0.1) is 12.8 Å². The third kappa shape index (κ3) is 4.30. The topological polar surface area (TPSA) is 96.7 Å². The van der Waals surface area contributed by atoms with Crippen LogP contribution in [0.5, 0.6) is 0 Å². The maximum Gasteiger partial charge on any atom is 0.224 e. The monoisotopic (exact) mass is 335 g/mol. The number of carbonyl (C=O) groups is 1. The molecule has 3 rings (SSSR count). The van der Waals surface area contributed by atoms with Crippen molar-refractivity contribution >= 4 is 24.0 Å². The molecule has 0 radical (unpaired) electrons. The molecule has 1 aromatic carbocycles. The number of hydrogen-bond donors (Lipinski definition) is 3. The third-order valence-electron chi connectivity index (χ3n) is 4.19. The van der Waals surface area contributed by atoms with Gasteiger partial charge in [-0.25, -0.2) is 4.98 Å². The van der Waals surface area contributed by atoms with Gasteiger partial charge in [-0.1, -0.05) is 6.42 Å². The minimum absolute atomic E-state index is 0. The van der Waals surface area contributed by atoms with Crippen molar-refractivity contribution in [3.63, 3.8) is 0 Å². The average Bonchev–Trinajstić information content (AvgIpc) is 3.09. The average molecular weight is 336 g/mol. The molecule has 4 N–H and O–H groups in total. The van der Waals surface area contributed by atoms with Crippen molar-refractivity contribution < 1.29 is 4.79 Å². The van der Waals surface area contributed by atoms with Crippen molar-refractivity contribution in [2.24, 2.45) is 11.7 Å². The highest BCUT2D eigenvalue weighted by Crippen LogP contribution is 2.27. The zero-order valence-corrected chi connectivity index (χ0v) is 13.9. The minimum Gasteiger partial charge on any atom is -0.327 e. The molecule has 0 unspecified atom stereocenters. The molecule has 7 heteroatoms. The van der Waals surface area contributed by atoms with Gasteiger partial charge in [0.2, 0.25) is 5.91 Å². The number of anilines is 1. The molecule has 1 fully saturated rings. The van der Waals surface area contributed by atoms with E-state index in [4.69, 9.17) is 5.73 Å². The van der Waals surface area contributed by atoms with Crippen LogP contribution in [0.25, 0.3) is 11.4 Å². The number of H-pyrrole nitrogens is 1. The van der Waals surface area contributed by atoms with E-state index in [-0.39, 0.29) is 24.4 Å². The van der Waals surface area contributed by atoms with Gasteiger partial charge in [0.15, 0.2) is 5.82 Å². The lowest BCUT2D eigenvalue weighted by molar-refractivity contribution is -0.117. The number of aryl methyl sites for hydroxylation is 1. The van der Waals surface area contributed by atoms with Crippen molar-refractivity contribution in [2.45, 2.75) is 38.6 Å². The lowest BCUT2D eigenvalue weighted by atomic mass is 10.00. The van der Waals surface area contributed by atoms with Crippen LogP contribution in [0.4, 0.5) is 5.69 Å². The number of benzene rings is 1. The number of nitrogens with zero attached hydrogens (tertiary/aromatic N) is 2. The first-order chi connectivity index (χ1) is 10.6. The van der Waals surface area contributed by atoms with E-state index in [0.717, 1.165) is 36.3 Å². The predicted molar refractivity (Wildman–Crippen MR) is 92.4 cm³/mol. The minimum atomic E-state index is 0. The number of amides is 1. The van der Waals surface area contributed by atoms with Crippen LogP contribution in [-0.4, -0.2) is 27.1 Å². The van der Waals surface area contributed by atoms with Crippen molar-refractivity contribution in [1.82, 2.24) is 15.2 Å². The molecule has 23 heavy (non-hydrogen) atoms. The molecule has 2 aromatic rings. The first kappa shape index (κ1) is 17.4. The Balaban J connectivity index is 0.00000192. The standard InChI is InChI=1S/C16H21N5O.ClH/c1-10-18-16(21-20-10)11-5-7-13(8-6-11)19-15(22)9-12-3-2-4-14(12)17;/h5-8,12,14H,2-4,9,17H2,1H3,(H,19,22)(H,18,20,21);1H/t12-,14+;/m0./s1. The van der Waals surface area contributed by atoms with E-state index in [0.29, 0.717) is 18.2 Å². The molecule has 124 valence electrons. The van der Waals surface area contributed by atoms with Gasteiger partial charge < -0.3 is 11.1 Å². The van der Waals surface area contributed by atoms with Gasteiger partial charge in [-0.3, -0.25) is 9.89 Å². The molecule has 1 aromatic heterocycles. The molecule has 1 saturated carbocycles. The van der Waals surface area contributed by atoms with Gasteiger partial charge in [-0.15, -0.1) is 12.4 Å². The number of nitrogens with one attached hydrogen (secondary N) is 2. The lowest BCUT2D eigenvalue weighted by Gasteiger charge is -2.14. The number of aromatic amines is 1. The van der Waals surface area contributed by atoms with Crippen LogP contribution in [0.1, 0.15) is 31.5 Å².